The zero-order chi connectivity index (χ0) is 27.0. The number of halogens is 1. The van der Waals surface area contributed by atoms with Crippen molar-refractivity contribution in [3.8, 4) is 11.1 Å². The van der Waals surface area contributed by atoms with Gasteiger partial charge in [0.15, 0.2) is 5.79 Å². The van der Waals surface area contributed by atoms with Crippen molar-refractivity contribution in [2.45, 2.75) is 104 Å². The zero-order valence-corrected chi connectivity index (χ0v) is 23.1. The lowest BCUT2D eigenvalue weighted by Crippen LogP contribution is -2.45. The average Bonchev–Trinajstić information content (AvgIpc) is 3.10. The van der Waals surface area contributed by atoms with Gasteiger partial charge < -0.3 is 18.8 Å². The van der Waals surface area contributed by atoms with Crippen molar-refractivity contribution in [1.82, 2.24) is 4.57 Å². The summed E-state index contributed by atoms with van der Waals surface area (Å²) in [4.78, 5) is 12.5. The molecule has 0 radical (unpaired) electrons. The number of nitrogens with zero attached hydrogens (tertiary/aromatic N) is 1. The van der Waals surface area contributed by atoms with E-state index in [1.54, 1.807) is 0 Å². The summed E-state index contributed by atoms with van der Waals surface area (Å²) in [5.74, 6) is -1.29. The largest absolute Gasteiger partial charge is 0.460 e. The first-order valence-electron chi connectivity index (χ1n) is 13.3. The van der Waals surface area contributed by atoms with Crippen LogP contribution in [0.25, 0.3) is 22.0 Å². The highest BCUT2D eigenvalue weighted by Crippen LogP contribution is 2.39. The molecule has 2 aromatic carbocycles. The molecular formula is C31H40FNO4. The number of carbonyl (C=O) groups is 1. The van der Waals surface area contributed by atoms with Crippen LogP contribution >= 0.6 is 0 Å². The third-order valence-corrected chi connectivity index (χ3v) is 6.61. The monoisotopic (exact) mass is 508 g/mol. The van der Waals surface area contributed by atoms with Gasteiger partial charge in [-0.05, 0) is 85.1 Å². The third-order valence-electron chi connectivity index (χ3n) is 6.61. The smallest absolute Gasteiger partial charge is 0.308 e. The second-order valence-electron chi connectivity index (χ2n) is 11.8. The molecule has 6 heteroatoms. The van der Waals surface area contributed by atoms with Crippen molar-refractivity contribution in [1.29, 1.82) is 0 Å². The fraction of sp³-hybridized carbons (Fsp3) is 0.516. The Hall–Kier alpha value is -2.70. The molecule has 4 rings (SSSR count). The van der Waals surface area contributed by atoms with Gasteiger partial charge in [-0.1, -0.05) is 30.3 Å². The first-order chi connectivity index (χ1) is 17.3. The van der Waals surface area contributed by atoms with E-state index in [1.807, 2.05) is 46.8 Å². The normalized spacial score (nSPS) is 19.9. The van der Waals surface area contributed by atoms with Gasteiger partial charge in [0.05, 0.1) is 18.6 Å². The van der Waals surface area contributed by atoms with Crippen LogP contribution in [0.1, 0.15) is 79.5 Å². The number of hydrogen-bond donors (Lipinski definition) is 0. The van der Waals surface area contributed by atoms with Crippen molar-refractivity contribution < 1.29 is 23.4 Å². The van der Waals surface area contributed by atoms with Gasteiger partial charge in [-0.25, -0.2) is 4.39 Å². The Bertz CT molecular complexity index is 1240. The topological polar surface area (TPSA) is 49.7 Å². The van der Waals surface area contributed by atoms with E-state index in [2.05, 4.69) is 42.7 Å². The van der Waals surface area contributed by atoms with Crippen molar-refractivity contribution in [3.05, 3.63) is 60.0 Å². The molecular weight excluding hydrogens is 468 g/mol. The van der Waals surface area contributed by atoms with Crippen LogP contribution < -0.4 is 0 Å². The molecule has 0 aliphatic carbocycles. The Morgan fingerprint density at radius 3 is 2.38 bits per heavy atom. The molecule has 2 atom stereocenters. The van der Waals surface area contributed by atoms with Gasteiger partial charge in [0.2, 0.25) is 0 Å². The summed E-state index contributed by atoms with van der Waals surface area (Å²) in [6.45, 7) is 13.8. The molecule has 0 spiro atoms. The molecule has 0 N–H and O–H groups in total. The highest BCUT2D eigenvalue weighted by atomic mass is 18.2. The maximum absolute atomic E-state index is 13.8. The first kappa shape index (κ1) is 27.3. The van der Waals surface area contributed by atoms with Crippen LogP contribution in [0.4, 0.5) is 4.39 Å². The minimum atomic E-state index is -0.792. The number of rotatable bonds is 7. The summed E-state index contributed by atoms with van der Waals surface area (Å²) in [6.07, 6.45) is 2.03. The quantitative estimate of drug-likeness (QED) is 0.308. The Morgan fingerprint density at radius 1 is 1.08 bits per heavy atom. The molecule has 0 saturated carbocycles. The summed E-state index contributed by atoms with van der Waals surface area (Å²) < 4.78 is 34.1. The molecule has 0 bridgehead atoms. The Labute approximate surface area is 219 Å². The van der Waals surface area contributed by atoms with Crippen LogP contribution in [-0.2, 0) is 25.4 Å². The summed E-state index contributed by atoms with van der Waals surface area (Å²) in [5, 5.41) is 1.16. The minimum Gasteiger partial charge on any atom is -0.460 e. The number of hydrogen-bond acceptors (Lipinski definition) is 4. The fourth-order valence-corrected chi connectivity index (χ4v) is 5.48. The number of para-hydroxylation sites is 1. The van der Waals surface area contributed by atoms with Gasteiger partial charge >= 0.3 is 5.97 Å². The van der Waals surface area contributed by atoms with E-state index in [4.69, 9.17) is 14.2 Å². The van der Waals surface area contributed by atoms with E-state index in [1.165, 1.54) is 23.3 Å². The highest BCUT2D eigenvalue weighted by molar-refractivity contribution is 5.98. The van der Waals surface area contributed by atoms with Gasteiger partial charge in [-0.2, -0.15) is 0 Å². The summed E-state index contributed by atoms with van der Waals surface area (Å²) in [5.41, 5.74) is 3.99. The average molecular weight is 509 g/mol. The number of aromatic nitrogens is 1. The lowest BCUT2D eigenvalue weighted by atomic mass is 9.96. The second-order valence-corrected chi connectivity index (χ2v) is 11.8. The van der Waals surface area contributed by atoms with Gasteiger partial charge in [0.1, 0.15) is 11.4 Å². The molecule has 2 heterocycles. The summed E-state index contributed by atoms with van der Waals surface area (Å²) in [6, 6.07) is 15.4. The number of esters is 1. The van der Waals surface area contributed by atoms with E-state index in [-0.39, 0.29) is 36.5 Å². The van der Waals surface area contributed by atoms with Gasteiger partial charge in [-0.3, -0.25) is 4.79 Å². The van der Waals surface area contributed by atoms with E-state index in [9.17, 15) is 9.18 Å². The van der Waals surface area contributed by atoms with E-state index in [0.29, 0.717) is 6.42 Å². The van der Waals surface area contributed by atoms with Crippen LogP contribution in [0.15, 0.2) is 48.5 Å². The Kier molecular flexibility index (Phi) is 7.82. The molecule has 37 heavy (non-hydrogen) atoms. The predicted octanol–water partition coefficient (Wildman–Crippen LogP) is 7.60. The molecule has 1 saturated heterocycles. The molecule has 0 amide bonds. The van der Waals surface area contributed by atoms with E-state index < -0.39 is 11.4 Å². The van der Waals surface area contributed by atoms with Crippen molar-refractivity contribution in [2.24, 2.45) is 0 Å². The molecule has 5 nitrogen and oxygen atoms in total. The third kappa shape index (κ3) is 6.60. The molecule has 3 aromatic rings. The number of carbonyl (C=O) groups excluding carboxylic acids is 1. The van der Waals surface area contributed by atoms with E-state index >= 15 is 0 Å². The van der Waals surface area contributed by atoms with Gasteiger partial charge in [0, 0.05) is 34.6 Å². The Morgan fingerprint density at radius 2 is 1.73 bits per heavy atom. The SMILES string of the molecule is CC(C)n1c(CC[C@@H]2C[C@H](CC(=O)OC(C)(C)C)OC(C)(C)O2)c(-c2ccc([18F])cc2)c2ccccc21. The lowest BCUT2D eigenvalue weighted by molar-refractivity contribution is -0.300. The van der Waals surface area contributed by atoms with Crippen LogP contribution in [-0.4, -0.2) is 34.1 Å². The molecule has 200 valence electrons. The van der Waals surface area contributed by atoms with Crippen LogP contribution in [0.3, 0.4) is 0 Å². The zero-order valence-electron chi connectivity index (χ0n) is 23.1. The molecule has 1 aromatic heterocycles. The van der Waals surface area contributed by atoms with Crippen LogP contribution in [0.2, 0.25) is 0 Å². The second kappa shape index (κ2) is 10.6. The fourth-order valence-electron chi connectivity index (χ4n) is 5.48. The van der Waals surface area contributed by atoms with Crippen molar-refractivity contribution in [2.75, 3.05) is 0 Å². The number of ether oxygens (including phenoxy) is 3. The molecule has 0 unspecified atom stereocenters. The summed E-state index contributed by atoms with van der Waals surface area (Å²) in [7, 11) is 0. The standard InChI is InChI=1S/C31H40FNO4/c1-20(2)33-26-11-9-8-10-25(26)29(21-12-14-22(32)15-13-21)27(33)17-16-23-18-24(36-31(6,7)35-23)19-28(34)37-30(3,4)5/h8-15,20,23-24H,16-19H2,1-7H3/t23-,24-/m1/s1/i32-1. The highest BCUT2D eigenvalue weighted by Gasteiger charge is 2.37. The van der Waals surface area contributed by atoms with Crippen LogP contribution in [0, 0.1) is 5.82 Å². The number of fused-ring (bicyclic) bond motifs is 1. The van der Waals surface area contributed by atoms with Gasteiger partial charge in [-0.15, -0.1) is 0 Å². The molecule has 1 aliphatic rings. The molecule has 1 aliphatic heterocycles. The van der Waals surface area contributed by atoms with Crippen molar-refractivity contribution >= 4 is 16.9 Å². The molecule has 1 fully saturated rings. The number of benzene rings is 2. The maximum Gasteiger partial charge on any atom is 0.308 e. The van der Waals surface area contributed by atoms with Gasteiger partial charge in [0.25, 0.3) is 0 Å². The maximum atomic E-state index is 13.8. The van der Waals surface area contributed by atoms with E-state index in [0.717, 1.165) is 29.4 Å². The first-order valence-corrected chi connectivity index (χ1v) is 13.3. The Balaban J connectivity index is 1.62. The minimum absolute atomic E-state index is 0.0733. The van der Waals surface area contributed by atoms with Crippen LogP contribution in [0.5, 0.6) is 0 Å². The lowest BCUT2D eigenvalue weighted by Gasteiger charge is -2.41. The predicted molar refractivity (Wildman–Crippen MR) is 145 cm³/mol. The summed E-state index contributed by atoms with van der Waals surface area (Å²) >= 11 is 0. The van der Waals surface area contributed by atoms with Crippen molar-refractivity contribution in [3.63, 3.8) is 0 Å².